The summed E-state index contributed by atoms with van der Waals surface area (Å²) in [7, 11) is 0. The van der Waals surface area contributed by atoms with Gasteiger partial charge in [-0.3, -0.25) is 4.90 Å². The Morgan fingerprint density at radius 2 is 1.79 bits per heavy atom. The van der Waals surface area contributed by atoms with Crippen molar-refractivity contribution in [3.8, 4) is 0 Å². The molecule has 0 aromatic carbocycles. The van der Waals surface area contributed by atoms with Crippen LogP contribution in [0, 0.1) is 0 Å². The van der Waals surface area contributed by atoms with Crippen LogP contribution in [0.2, 0.25) is 0 Å². The second kappa shape index (κ2) is 4.19. The lowest BCUT2D eigenvalue weighted by Crippen LogP contribution is -2.56. The molecule has 1 saturated heterocycles. The van der Waals surface area contributed by atoms with Gasteiger partial charge in [-0.15, -0.1) is 0 Å². The van der Waals surface area contributed by atoms with Crippen LogP contribution < -0.4 is 5.32 Å². The lowest BCUT2D eigenvalue weighted by Gasteiger charge is -2.43. The Morgan fingerprint density at radius 1 is 1.14 bits per heavy atom. The fourth-order valence-corrected chi connectivity index (χ4v) is 2.04. The highest BCUT2D eigenvalue weighted by atomic mass is 15.2. The zero-order valence-electron chi connectivity index (χ0n) is 10.5. The van der Waals surface area contributed by atoms with E-state index in [1.807, 2.05) is 0 Å². The molecule has 0 saturated carbocycles. The first-order valence-corrected chi connectivity index (χ1v) is 5.81. The van der Waals surface area contributed by atoms with Gasteiger partial charge in [0.2, 0.25) is 0 Å². The van der Waals surface area contributed by atoms with Gasteiger partial charge in [0.05, 0.1) is 0 Å². The van der Waals surface area contributed by atoms with Crippen molar-refractivity contribution in [3.05, 3.63) is 0 Å². The molecule has 0 spiro atoms. The fraction of sp³-hybridized carbons (Fsp3) is 1.00. The highest BCUT2D eigenvalue weighted by Gasteiger charge is 2.28. The monoisotopic (exact) mass is 198 g/mol. The molecule has 0 bridgehead atoms. The molecule has 0 atom stereocenters. The molecule has 2 nitrogen and oxygen atoms in total. The average molecular weight is 198 g/mol. The summed E-state index contributed by atoms with van der Waals surface area (Å²) in [6, 6.07) is 0. The molecule has 0 aromatic rings. The van der Waals surface area contributed by atoms with E-state index in [1.165, 1.54) is 25.9 Å². The lowest BCUT2D eigenvalue weighted by molar-refractivity contribution is 0.0883. The topological polar surface area (TPSA) is 15.3 Å². The van der Waals surface area contributed by atoms with Crippen LogP contribution in [0.15, 0.2) is 0 Å². The summed E-state index contributed by atoms with van der Waals surface area (Å²) in [6.07, 6.45) is 2.62. The van der Waals surface area contributed by atoms with Crippen LogP contribution in [0.5, 0.6) is 0 Å². The summed E-state index contributed by atoms with van der Waals surface area (Å²) in [5, 5.41) is 3.62. The van der Waals surface area contributed by atoms with E-state index in [0.717, 1.165) is 6.54 Å². The van der Waals surface area contributed by atoms with Crippen molar-refractivity contribution >= 4 is 0 Å². The Bertz CT molecular complexity index is 179. The van der Waals surface area contributed by atoms with E-state index in [0.29, 0.717) is 5.54 Å². The van der Waals surface area contributed by atoms with E-state index >= 15 is 0 Å². The molecule has 0 amide bonds. The van der Waals surface area contributed by atoms with Gasteiger partial charge >= 0.3 is 0 Å². The van der Waals surface area contributed by atoms with Crippen LogP contribution >= 0.6 is 0 Å². The standard InChI is InChI=1S/C12H26N2/c1-11(2,3)14-9-7-6-8-13-12(4,5)10-14/h13H,6-10H2,1-5H3. The lowest BCUT2D eigenvalue weighted by atomic mass is 9.97. The molecule has 1 aliphatic heterocycles. The average Bonchev–Trinajstić information content (AvgIpc) is 1.95. The smallest absolute Gasteiger partial charge is 0.0252 e. The number of nitrogens with one attached hydrogen (secondary N) is 1. The number of nitrogens with zero attached hydrogens (tertiary/aromatic N) is 1. The van der Waals surface area contributed by atoms with Crippen molar-refractivity contribution in [1.29, 1.82) is 0 Å². The van der Waals surface area contributed by atoms with E-state index in [1.54, 1.807) is 0 Å². The molecule has 0 radical (unpaired) electrons. The third-order valence-electron chi connectivity index (χ3n) is 2.99. The molecule has 1 N–H and O–H groups in total. The van der Waals surface area contributed by atoms with E-state index in [9.17, 15) is 0 Å². The van der Waals surface area contributed by atoms with Crippen LogP contribution in [0.3, 0.4) is 0 Å². The minimum atomic E-state index is 0.258. The van der Waals surface area contributed by atoms with Gasteiger partial charge in [-0.05, 0) is 60.5 Å². The third kappa shape index (κ3) is 3.58. The quantitative estimate of drug-likeness (QED) is 0.642. The van der Waals surface area contributed by atoms with Crippen LogP contribution in [0.1, 0.15) is 47.5 Å². The van der Waals surface area contributed by atoms with E-state index in [4.69, 9.17) is 0 Å². The number of hydrogen-bond donors (Lipinski definition) is 1. The molecule has 1 heterocycles. The zero-order chi connectivity index (χ0) is 10.8. The first-order valence-electron chi connectivity index (χ1n) is 5.81. The molecule has 0 aliphatic carbocycles. The maximum absolute atomic E-state index is 3.62. The molecule has 84 valence electrons. The highest BCUT2D eigenvalue weighted by Crippen LogP contribution is 2.19. The van der Waals surface area contributed by atoms with E-state index in [-0.39, 0.29) is 5.54 Å². The number of rotatable bonds is 0. The summed E-state index contributed by atoms with van der Waals surface area (Å²) >= 11 is 0. The minimum absolute atomic E-state index is 0.258. The third-order valence-corrected chi connectivity index (χ3v) is 2.99. The summed E-state index contributed by atoms with van der Waals surface area (Å²) < 4.78 is 0. The van der Waals surface area contributed by atoms with Crippen molar-refractivity contribution < 1.29 is 0 Å². The maximum Gasteiger partial charge on any atom is 0.0252 e. The Morgan fingerprint density at radius 3 is 2.36 bits per heavy atom. The van der Waals surface area contributed by atoms with Gasteiger partial charge in [-0.25, -0.2) is 0 Å². The molecule has 1 fully saturated rings. The molecule has 0 unspecified atom stereocenters. The largest absolute Gasteiger partial charge is 0.311 e. The van der Waals surface area contributed by atoms with E-state index < -0.39 is 0 Å². The summed E-state index contributed by atoms with van der Waals surface area (Å²) in [5.74, 6) is 0. The fourth-order valence-electron chi connectivity index (χ4n) is 2.04. The second-order valence-corrected chi connectivity index (χ2v) is 6.11. The van der Waals surface area contributed by atoms with Crippen molar-refractivity contribution in [2.24, 2.45) is 0 Å². The predicted octanol–water partition coefficient (Wildman–Crippen LogP) is 2.25. The van der Waals surface area contributed by atoms with Gasteiger partial charge in [-0.2, -0.15) is 0 Å². The van der Waals surface area contributed by atoms with Crippen molar-refractivity contribution in [2.75, 3.05) is 19.6 Å². The summed E-state index contributed by atoms with van der Waals surface area (Å²) in [6.45, 7) is 15.1. The van der Waals surface area contributed by atoms with Crippen LogP contribution in [0.4, 0.5) is 0 Å². The van der Waals surface area contributed by atoms with Gasteiger partial charge in [0.15, 0.2) is 0 Å². The van der Waals surface area contributed by atoms with Crippen molar-refractivity contribution in [3.63, 3.8) is 0 Å². The van der Waals surface area contributed by atoms with Crippen LogP contribution in [-0.4, -0.2) is 35.6 Å². The first kappa shape index (κ1) is 12.0. The Kier molecular flexibility index (Phi) is 3.59. The molecule has 14 heavy (non-hydrogen) atoms. The van der Waals surface area contributed by atoms with Gasteiger partial charge in [0.25, 0.3) is 0 Å². The normalized spacial score (nSPS) is 25.5. The van der Waals surface area contributed by atoms with Gasteiger partial charge in [-0.1, -0.05) is 0 Å². The van der Waals surface area contributed by atoms with Gasteiger partial charge < -0.3 is 5.32 Å². The van der Waals surface area contributed by atoms with Gasteiger partial charge in [0, 0.05) is 17.6 Å². The Hall–Kier alpha value is -0.0800. The van der Waals surface area contributed by atoms with Crippen LogP contribution in [-0.2, 0) is 0 Å². The van der Waals surface area contributed by atoms with E-state index in [2.05, 4.69) is 44.8 Å². The van der Waals surface area contributed by atoms with Crippen molar-refractivity contribution in [1.82, 2.24) is 10.2 Å². The van der Waals surface area contributed by atoms with Crippen molar-refractivity contribution in [2.45, 2.75) is 58.5 Å². The molecular weight excluding hydrogens is 172 g/mol. The maximum atomic E-state index is 3.62. The first-order chi connectivity index (χ1) is 6.31. The van der Waals surface area contributed by atoms with Gasteiger partial charge in [0.1, 0.15) is 0 Å². The molecule has 1 rings (SSSR count). The summed E-state index contributed by atoms with van der Waals surface area (Å²) in [4.78, 5) is 2.60. The number of hydrogen-bond acceptors (Lipinski definition) is 2. The highest BCUT2D eigenvalue weighted by molar-refractivity contribution is 4.88. The molecule has 1 aliphatic rings. The second-order valence-electron chi connectivity index (χ2n) is 6.11. The van der Waals surface area contributed by atoms with Crippen LogP contribution in [0.25, 0.3) is 0 Å². The Labute approximate surface area is 89.1 Å². The zero-order valence-corrected chi connectivity index (χ0v) is 10.5. The molecule has 2 heteroatoms. The molecule has 0 aromatic heterocycles. The summed E-state index contributed by atoms with van der Waals surface area (Å²) in [5.41, 5.74) is 0.560. The Balaban J connectivity index is 2.65. The SMILES string of the molecule is CC1(C)CN(C(C)(C)C)CCCCN1. The molecular formula is C12H26N2. The predicted molar refractivity (Wildman–Crippen MR) is 62.6 cm³/mol. The minimum Gasteiger partial charge on any atom is -0.311 e.